The number of hydrogen-bond acceptors (Lipinski definition) is 11. The molecular weight excluding hydrogens is 554 g/mol. The van der Waals surface area contributed by atoms with E-state index in [4.69, 9.17) is 15.6 Å². The number of carboxylic acids is 1. The van der Waals surface area contributed by atoms with Crippen LogP contribution in [0.25, 0.3) is 0 Å². The maximum absolute atomic E-state index is 13.4. The van der Waals surface area contributed by atoms with Gasteiger partial charge in [-0.1, -0.05) is 34.6 Å². The molecule has 42 heavy (non-hydrogen) atoms. The molecule has 1 saturated heterocycles. The predicted octanol–water partition coefficient (Wildman–Crippen LogP) is -1.33. The van der Waals surface area contributed by atoms with Crippen LogP contribution in [0.1, 0.15) is 53.9 Å². The van der Waals surface area contributed by atoms with Crippen LogP contribution in [0.4, 0.5) is 0 Å². The molecule has 1 aliphatic heterocycles. The van der Waals surface area contributed by atoms with Gasteiger partial charge in [-0.15, -0.1) is 0 Å². The van der Waals surface area contributed by atoms with Crippen molar-refractivity contribution in [2.75, 3.05) is 13.2 Å². The summed E-state index contributed by atoms with van der Waals surface area (Å²) in [5.41, 5.74) is 1.99. The standard InChI is InChI=1S/C27H39N5O10/c1-6-12-42-24(39)22(37)21(15(2)3)31-10-7-8-17(31)23(38)29-25(40)27(28,16(4)5)18(33)13-30-11-9-19(34)32(26(30)41)14-20(35)36/h9,11,15-17,21H,6-8,10,12-14,28H2,1-5H3,(H,35,36)(H,29,38,40)/t17-,21-,27+/m0/s1. The molecule has 3 atom stereocenters. The summed E-state index contributed by atoms with van der Waals surface area (Å²) in [6.07, 6.45) is 2.28. The smallest absolute Gasteiger partial charge is 0.376 e. The van der Waals surface area contributed by atoms with Gasteiger partial charge in [-0.05, 0) is 37.6 Å². The molecule has 4 N–H and O–H groups in total. The number of carbonyl (C=O) groups is 6. The number of ketones is 2. The number of ether oxygens (including phenoxy) is 1. The quantitative estimate of drug-likeness (QED) is 0.130. The first kappa shape index (κ1) is 34.2. The fraction of sp³-hybridized carbons (Fsp3) is 0.630. The minimum Gasteiger partial charge on any atom is -0.480 e. The third-order valence-corrected chi connectivity index (χ3v) is 7.22. The van der Waals surface area contributed by atoms with Crippen molar-refractivity contribution < 1.29 is 38.6 Å². The number of nitrogens with zero attached hydrogens (tertiary/aromatic N) is 3. The number of carbonyl (C=O) groups excluding carboxylic acids is 5. The lowest BCUT2D eigenvalue weighted by atomic mass is 9.82. The first-order valence-corrected chi connectivity index (χ1v) is 13.7. The fourth-order valence-corrected chi connectivity index (χ4v) is 4.88. The highest BCUT2D eigenvalue weighted by atomic mass is 16.5. The summed E-state index contributed by atoms with van der Waals surface area (Å²) >= 11 is 0. The monoisotopic (exact) mass is 593 g/mol. The Morgan fingerprint density at radius 1 is 1.12 bits per heavy atom. The van der Waals surface area contributed by atoms with E-state index in [-0.39, 0.29) is 18.9 Å². The zero-order valence-electron chi connectivity index (χ0n) is 24.5. The Hall–Kier alpha value is -3.98. The van der Waals surface area contributed by atoms with Crippen LogP contribution >= 0.6 is 0 Å². The molecule has 1 fully saturated rings. The first-order valence-electron chi connectivity index (χ1n) is 13.7. The van der Waals surface area contributed by atoms with E-state index in [2.05, 4.69) is 5.32 Å². The molecule has 1 aromatic rings. The number of hydrogen-bond donors (Lipinski definition) is 3. The maximum atomic E-state index is 13.4. The molecule has 2 heterocycles. The van der Waals surface area contributed by atoms with Gasteiger partial charge >= 0.3 is 17.6 Å². The Balaban J connectivity index is 2.29. The van der Waals surface area contributed by atoms with Gasteiger partial charge in [-0.3, -0.25) is 43.6 Å². The molecule has 2 amide bonds. The number of nitrogens with one attached hydrogen (secondary N) is 1. The molecule has 1 aliphatic rings. The summed E-state index contributed by atoms with van der Waals surface area (Å²) < 4.78 is 6.15. The molecular formula is C27H39N5O10. The summed E-state index contributed by atoms with van der Waals surface area (Å²) in [4.78, 5) is 102. The molecule has 0 saturated carbocycles. The number of aromatic nitrogens is 2. The van der Waals surface area contributed by atoms with Gasteiger partial charge in [0.25, 0.3) is 17.2 Å². The largest absolute Gasteiger partial charge is 0.480 e. The molecule has 15 nitrogen and oxygen atoms in total. The number of imide groups is 1. The summed E-state index contributed by atoms with van der Waals surface area (Å²) in [6, 6.07) is -1.06. The fourth-order valence-electron chi connectivity index (χ4n) is 4.88. The Morgan fingerprint density at radius 2 is 1.76 bits per heavy atom. The average Bonchev–Trinajstić information content (AvgIpc) is 3.39. The molecule has 0 aliphatic carbocycles. The number of esters is 1. The normalized spacial score (nSPS) is 17.5. The lowest BCUT2D eigenvalue weighted by molar-refractivity contribution is -0.157. The highest BCUT2D eigenvalue weighted by Gasteiger charge is 2.48. The van der Waals surface area contributed by atoms with Gasteiger partial charge in [-0.25, -0.2) is 14.2 Å². The zero-order chi connectivity index (χ0) is 31.9. The Labute approximate surface area is 242 Å². The van der Waals surface area contributed by atoms with Crippen LogP contribution in [0.3, 0.4) is 0 Å². The number of rotatable bonds is 14. The molecule has 0 spiro atoms. The van der Waals surface area contributed by atoms with E-state index in [0.29, 0.717) is 24.0 Å². The van der Waals surface area contributed by atoms with E-state index < -0.39 is 83.2 Å². The van der Waals surface area contributed by atoms with Crippen LogP contribution in [0, 0.1) is 11.8 Å². The maximum Gasteiger partial charge on any atom is 0.376 e. The van der Waals surface area contributed by atoms with E-state index in [1.807, 2.05) is 0 Å². The molecule has 0 aromatic carbocycles. The minimum absolute atomic E-state index is 0.0718. The lowest BCUT2D eigenvalue weighted by Crippen LogP contribution is -2.66. The second-order valence-electron chi connectivity index (χ2n) is 10.9. The third kappa shape index (κ3) is 7.45. The van der Waals surface area contributed by atoms with Gasteiger partial charge in [0.1, 0.15) is 6.54 Å². The molecule has 1 aromatic heterocycles. The van der Waals surface area contributed by atoms with Gasteiger partial charge in [0.05, 0.1) is 25.2 Å². The summed E-state index contributed by atoms with van der Waals surface area (Å²) in [7, 11) is 0. The Morgan fingerprint density at radius 3 is 2.31 bits per heavy atom. The SMILES string of the molecule is CCCOC(=O)C(=O)[C@H](C(C)C)N1CCC[C@H]1C(=O)NC(=O)[C@](N)(C(=O)Cn1ccc(=O)n(CC(=O)O)c1=O)C(C)C. The molecule has 0 bridgehead atoms. The van der Waals surface area contributed by atoms with Crippen molar-refractivity contribution in [3.8, 4) is 0 Å². The highest BCUT2D eigenvalue weighted by Crippen LogP contribution is 2.26. The summed E-state index contributed by atoms with van der Waals surface area (Å²) in [6.45, 7) is 6.81. The van der Waals surface area contributed by atoms with Crippen LogP contribution in [0.15, 0.2) is 21.9 Å². The topological polar surface area (TPSA) is 217 Å². The predicted molar refractivity (Wildman–Crippen MR) is 147 cm³/mol. The van der Waals surface area contributed by atoms with Crippen LogP contribution < -0.4 is 22.3 Å². The van der Waals surface area contributed by atoms with Crippen LogP contribution in [-0.4, -0.2) is 85.2 Å². The number of Topliss-reactive ketones (excluding diaryl/α,β-unsaturated/α-hetero) is 2. The molecule has 15 heteroatoms. The van der Waals surface area contributed by atoms with Crippen molar-refractivity contribution in [3.63, 3.8) is 0 Å². The van der Waals surface area contributed by atoms with Crippen molar-refractivity contribution in [2.45, 2.75) is 84.6 Å². The van der Waals surface area contributed by atoms with Crippen molar-refractivity contribution in [1.82, 2.24) is 19.4 Å². The number of likely N-dealkylation sites (tertiary alicyclic amines) is 1. The van der Waals surface area contributed by atoms with Crippen molar-refractivity contribution in [3.05, 3.63) is 33.1 Å². The molecule has 232 valence electrons. The third-order valence-electron chi connectivity index (χ3n) is 7.22. The van der Waals surface area contributed by atoms with E-state index >= 15 is 0 Å². The van der Waals surface area contributed by atoms with Crippen LogP contribution in [0.5, 0.6) is 0 Å². The van der Waals surface area contributed by atoms with Crippen molar-refractivity contribution >= 4 is 35.3 Å². The van der Waals surface area contributed by atoms with E-state index in [0.717, 1.165) is 16.8 Å². The van der Waals surface area contributed by atoms with Crippen molar-refractivity contribution in [2.24, 2.45) is 17.6 Å². The molecule has 0 radical (unpaired) electrons. The Kier molecular flexibility index (Phi) is 11.6. The van der Waals surface area contributed by atoms with Gasteiger partial charge < -0.3 is 15.6 Å². The molecule has 2 rings (SSSR count). The number of amides is 2. The molecule has 0 unspecified atom stereocenters. The number of aliphatic carboxylic acids is 1. The van der Waals surface area contributed by atoms with E-state index in [1.165, 1.54) is 13.8 Å². The van der Waals surface area contributed by atoms with Gasteiger partial charge in [0, 0.05) is 12.3 Å². The highest BCUT2D eigenvalue weighted by molar-refractivity contribution is 6.35. The second-order valence-corrected chi connectivity index (χ2v) is 10.9. The number of nitrogens with two attached hydrogens (primary N) is 1. The van der Waals surface area contributed by atoms with Gasteiger partial charge in [0.15, 0.2) is 11.3 Å². The average molecular weight is 594 g/mol. The van der Waals surface area contributed by atoms with Crippen molar-refractivity contribution in [1.29, 1.82) is 0 Å². The van der Waals surface area contributed by atoms with E-state index in [1.54, 1.807) is 25.7 Å². The Bertz CT molecular complexity index is 1350. The summed E-state index contributed by atoms with van der Waals surface area (Å²) in [5.74, 6) is -7.41. The van der Waals surface area contributed by atoms with Crippen LogP contribution in [0.2, 0.25) is 0 Å². The zero-order valence-corrected chi connectivity index (χ0v) is 24.5. The second kappa shape index (κ2) is 14.3. The van der Waals surface area contributed by atoms with Crippen LogP contribution in [-0.2, 0) is 46.6 Å². The van der Waals surface area contributed by atoms with Gasteiger partial charge in [-0.2, -0.15) is 0 Å². The van der Waals surface area contributed by atoms with Gasteiger partial charge in [0.2, 0.25) is 5.91 Å². The summed E-state index contributed by atoms with van der Waals surface area (Å²) in [5, 5.41) is 11.2. The lowest BCUT2D eigenvalue weighted by Gasteiger charge is -2.34. The number of carboxylic acid groups (broad SMARTS) is 1. The first-order chi connectivity index (χ1) is 19.6. The minimum atomic E-state index is -2.30. The van der Waals surface area contributed by atoms with E-state index in [9.17, 15) is 38.4 Å².